The van der Waals surface area contributed by atoms with Gasteiger partial charge in [0.25, 0.3) is 0 Å². The van der Waals surface area contributed by atoms with Crippen molar-refractivity contribution < 1.29 is 0 Å². The van der Waals surface area contributed by atoms with Crippen LogP contribution < -0.4 is 0 Å². The summed E-state index contributed by atoms with van der Waals surface area (Å²) in [6.07, 6.45) is 2.42. The third-order valence-electron chi connectivity index (χ3n) is 1.70. The summed E-state index contributed by atoms with van der Waals surface area (Å²) in [5.74, 6) is 0. The van der Waals surface area contributed by atoms with Crippen LogP contribution in [0.4, 0.5) is 0 Å². The van der Waals surface area contributed by atoms with Gasteiger partial charge in [0.15, 0.2) is 0 Å². The molecule has 0 bridgehead atoms. The maximum atomic E-state index is 4.74. The van der Waals surface area contributed by atoms with Gasteiger partial charge < -0.3 is 4.90 Å². The van der Waals surface area contributed by atoms with E-state index in [2.05, 4.69) is 31.2 Å². The predicted molar refractivity (Wildman–Crippen MR) is 49.3 cm³/mol. The molecule has 1 atom stereocenters. The minimum Gasteiger partial charge on any atom is -0.358 e. The zero-order valence-corrected chi connectivity index (χ0v) is 7.87. The second-order valence-electron chi connectivity index (χ2n) is 2.51. The number of hydrogen-bond donors (Lipinski definition) is 0. The monoisotopic (exact) mass is 158 g/mol. The largest absolute Gasteiger partial charge is 0.358 e. The summed E-state index contributed by atoms with van der Waals surface area (Å²) >= 11 is 4.74. The third kappa shape index (κ3) is 3.16. The second-order valence-corrected chi connectivity index (χ2v) is 2.70. The first kappa shape index (κ1) is 9.89. The van der Waals surface area contributed by atoms with Crippen molar-refractivity contribution in [3.8, 4) is 0 Å². The van der Waals surface area contributed by atoms with Crippen LogP contribution in [0.2, 0.25) is 0 Å². The highest BCUT2D eigenvalue weighted by molar-refractivity contribution is 7.78. The van der Waals surface area contributed by atoms with Crippen LogP contribution in [-0.4, -0.2) is 23.0 Å². The standard InChI is InChI=1S/C8H16NS/c1-4-6-8(3)9(5-2)7-10/h8H,4-6H2,1-3H3. The van der Waals surface area contributed by atoms with Gasteiger partial charge in [-0.05, 0) is 20.3 Å². The van der Waals surface area contributed by atoms with Crippen molar-refractivity contribution in [1.29, 1.82) is 0 Å². The van der Waals surface area contributed by atoms with Crippen molar-refractivity contribution in [1.82, 2.24) is 4.90 Å². The third-order valence-corrected chi connectivity index (χ3v) is 1.93. The molecule has 2 heteroatoms. The van der Waals surface area contributed by atoms with Gasteiger partial charge in [0.05, 0.1) is 0 Å². The summed E-state index contributed by atoms with van der Waals surface area (Å²) in [4.78, 5) is 2.07. The maximum absolute atomic E-state index is 4.74. The zero-order valence-electron chi connectivity index (χ0n) is 7.05. The van der Waals surface area contributed by atoms with Crippen LogP contribution in [0.5, 0.6) is 0 Å². The SMILES string of the molecule is CCCC(C)N([C]=S)CC. The Bertz CT molecular complexity index is 93.3. The van der Waals surface area contributed by atoms with Gasteiger partial charge in [0.2, 0.25) is 0 Å². The van der Waals surface area contributed by atoms with Gasteiger partial charge in [-0.15, -0.1) is 0 Å². The molecule has 0 N–H and O–H groups in total. The molecule has 1 nitrogen and oxygen atoms in total. The maximum Gasteiger partial charge on any atom is 0.137 e. The van der Waals surface area contributed by atoms with Gasteiger partial charge >= 0.3 is 0 Å². The number of hydrogen-bond acceptors (Lipinski definition) is 1. The molecule has 0 heterocycles. The summed E-state index contributed by atoms with van der Waals surface area (Å²) in [6, 6.07) is 0.562. The Morgan fingerprint density at radius 1 is 1.50 bits per heavy atom. The van der Waals surface area contributed by atoms with Crippen LogP contribution in [-0.2, 0) is 0 Å². The lowest BCUT2D eigenvalue weighted by molar-refractivity contribution is 0.339. The van der Waals surface area contributed by atoms with E-state index in [1.54, 1.807) is 0 Å². The average Bonchev–Trinajstić information content (AvgIpc) is 1.91. The Kier molecular flexibility index (Phi) is 5.60. The van der Waals surface area contributed by atoms with Crippen LogP contribution in [0, 0.1) is 0 Å². The average molecular weight is 158 g/mol. The fourth-order valence-corrected chi connectivity index (χ4v) is 1.35. The molecule has 0 aromatic carbocycles. The molecule has 59 valence electrons. The van der Waals surface area contributed by atoms with Gasteiger partial charge in [-0.25, -0.2) is 0 Å². The molecule has 0 aliphatic heterocycles. The molecule has 0 rings (SSSR count). The summed E-state index contributed by atoms with van der Waals surface area (Å²) in [6.45, 7) is 7.45. The van der Waals surface area contributed by atoms with Crippen LogP contribution in [0.3, 0.4) is 0 Å². The Hall–Kier alpha value is -0.110. The first-order valence-electron chi connectivity index (χ1n) is 3.90. The second kappa shape index (κ2) is 5.66. The summed E-state index contributed by atoms with van der Waals surface area (Å²) < 4.78 is 0. The molecule has 1 radical (unpaired) electrons. The first-order valence-corrected chi connectivity index (χ1v) is 4.31. The topological polar surface area (TPSA) is 3.24 Å². The van der Waals surface area contributed by atoms with Crippen molar-refractivity contribution in [2.45, 2.75) is 39.7 Å². The molecular formula is C8H16NS. The van der Waals surface area contributed by atoms with Crippen LogP contribution in [0.25, 0.3) is 0 Å². The fraction of sp³-hybridized carbons (Fsp3) is 0.875. The minimum atomic E-state index is 0.562. The summed E-state index contributed by atoms with van der Waals surface area (Å²) in [5, 5.41) is 0. The minimum absolute atomic E-state index is 0.562. The molecular weight excluding hydrogens is 142 g/mol. The zero-order chi connectivity index (χ0) is 7.98. The van der Waals surface area contributed by atoms with Crippen LogP contribution in [0.15, 0.2) is 0 Å². The molecule has 0 spiro atoms. The van der Waals surface area contributed by atoms with Gasteiger partial charge in [-0.1, -0.05) is 25.6 Å². The van der Waals surface area contributed by atoms with E-state index >= 15 is 0 Å². The van der Waals surface area contributed by atoms with Crippen LogP contribution >= 0.6 is 12.2 Å². The van der Waals surface area contributed by atoms with Gasteiger partial charge in [0.1, 0.15) is 5.49 Å². The van der Waals surface area contributed by atoms with E-state index in [9.17, 15) is 0 Å². The summed E-state index contributed by atoms with van der Waals surface area (Å²) in [5.41, 5.74) is 2.75. The van der Waals surface area contributed by atoms with Crippen molar-refractivity contribution in [3.05, 3.63) is 0 Å². The molecule has 0 saturated heterocycles. The van der Waals surface area contributed by atoms with E-state index in [1.807, 2.05) is 0 Å². The highest BCUT2D eigenvalue weighted by atomic mass is 32.1. The molecule has 0 saturated carbocycles. The van der Waals surface area contributed by atoms with Gasteiger partial charge in [0, 0.05) is 12.6 Å². The lowest BCUT2D eigenvalue weighted by Crippen LogP contribution is -2.30. The Labute approximate surface area is 69.4 Å². The van der Waals surface area contributed by atoms with E-state index in [-0.39, 0.29) is 0 Å². The van der Waals surface area contributed by atoms with Crippen molar-refractivity contribution in [2.24, 2.45) is 0 Å². The van der Waals surface area contributed by atoms with E-state index in [0.29, 0.717) is 6.04 Å². The van der Waals surface area contributed by atoms with Gasteiger partial charge in [-0.3, -0.25) is 0 Å². The van der Waals surface area contributed by atoms with Crippen molar-refractivity contribution in [2.75, 3.05) is 6.54 Å². The number of rotatable bonds is 5. The van der Waals surface area contributed by atoms with Crippen LogP contribution in [0.1, 0.15) is 33.6 Å². The van der Waals surface area contributed by atoms with Crippen molar-refractivity contribution >= 4 is 17.7 Å². The molecule has 0 fully saturated rings. The number of nitrogens with zero attached hydrogens (tertiary/aromatic N) is 1. The molecule has 10 heavy (non-hydrogen) atoms. The summed E-state index contributed by atoms with van der Waals surface area (Å²) in [7, 11) is 0. The Morgan fingerprint density at radius 3 is 2.40 bits per heavy atom. The lowest BCUT2D eigenvalue weighted by atomic mass is 10.2. The normalized spacial score (nSPS) is 12.7. The lowest BCUT2D eigenvalue weighted by Gasteiger charge is -2.23. The Morgan fingerprint density at radius 2 is 2.10 bits per heavy atom. The molecule has 1 unspecified atom stereocenters. The van der Waals surface area contributed by atoms with Gasteiger partial charge in [-0.2, -0.15) is 0 Å². The van der Waals surface area contributed by atoms with E-state index < -0.39 is 0 Å². The van der Waals surface area contributed by atoms with E-state index in [1.165, 1.54) is 12.8 Å². The van der Waals surface area contributed by atoms with E-state index in [0.717, 1.165) is 6.54 Å². The highest BCUT2D eigenvalue weighted by Crippen LogP contribution is 2.03. The van der Waals surface area contributed by atoms with E-state index in [4.69, 9.17) is 12.2 Å². The fourth-order valence-electron chi connectivity index (χ4n) is 1.04. The molecule has 0 aliphatic rings. The first-order chi connectivity index (χ1) is 4.76. The smallest absolute Gasteiger partial charge is 0.137 e. The molecule has 0 aliphatic carbocycles. The number of thiocarbonyl (C=S) groups is 1. The molecule has 0 aromatic heterocycles. The predicted octanol–water partition coefficient (Wildman–Crippen LogP) is 2.33. The molecule has 0 amide bonds. The highest BCUT2D eigenvalue weighted by Gasteiger charge is 2.05. The van der Waals surface area contributed by atoms with Crippen molar-refractivity contribution in [3.63, 3.8) is 0 Å². The quantitative estimate of drug-likeness (QED) is 0.446. The Balaban J connectivity index is 3.63. The molecule has 0 aromatic rings.